The van der Waals surface area contributed by atoms with Crippen molar-refractivity contribution < 1.29 is 26.4 Å². The molecular formula is C13H15F3N2O3S. The smallest absolute Gasteiger partial charge is 0.324 e. The zero-order chi connectivity index (χ0) is 16.7. The van der Waals surface area contributed by atoms with Crippen LogP contribution in [0.4, 0.5) is 24.5 Å². The molecule has 1 aromatic carbocycles. The first-order valence-electron chi connectivity index (χ1n) is 6.47. The fourth-order valence-electron chi connectivity index (χ4n) is 2.03. The van der Waals surface area contributed by atoms with Crippen LogP contribution in [-0.4, -0.2) is 20.6 Å². The van der Waals surface area contributed by atoms with Crippen LogP contribution in [0.3, 0.4) is 0 Å². The molecule has 0 bridgehead atoms. The predicted molar refractivity (Wildman–Crippen MR) is 75.8 cm³/mol. The molecule has 9 heteroatoms. The largest absolute Gasteiger partial charge is 0.416 e. The first-order chi connectivity index (χ1) is 9.97. The summed E-state index contributed by atoms with van der Waals surface area (Å²) in [5.41, 5.74) is -1.27. The normalized spacial score (nSPS) is 21.3. The summed E-state index contributed by atoms with van der Waals surface area (Å²) in [6.07, 6.45) is -3.05. The van der Waals surface area contributed by atoms with E-state index in [2.05, 4.69) is 10.0 Å². The Kier molecular flexibility index (Phi) is 4.12. The highest BCUT2D eigenvalue weighted by molar-refractivity contribution is 7.92. The van der Waals surface area contributed by atoms with Crippen molar-refractivity contribution in [2.75, 3.05) is 16.3 Å². The van der Waals surface area contributed by atoms with Crippen molar-refractivity contribution in [3.63, 3.8) is 0 Å². The van der Waals surface area contributed by atoms with Gasteiger partial charge >= 0.3 is 6.18 Å². The van der Waals surface area contributed by atoms with Gasteiger partial charge in [0.15, 0.2) is 0 Å². The zero-order valence-corrected chi connectivity index (χ0v) is 12.7. The standard InChI is InChI=1S/C13H15F3N2O3S/c1-7-5-9(7)12(19)17-11-6-8(13(14,15)16)3-4-10(11)18-22(2,20)21/h3-4,6-7,9,18H,5H2,1-2H3,(H,17,19)/t7-,9-/m0/s1. The van der Waals surface area contributed by atoms with Crippen LogP contribution >= 0.6 is 0 Å². The second kappa shape index (κ2) is 5.45. The molecule has 1 fully saturated rings. The van der Waals surface area contributed by atoms with E-state index in [9.17, 15) is 26.4 Å². The molecule has 22 heavy (non-hydrogen) atoms. The summed E-state index contributed by atoms with van der Waals surface area (Å²) in [5.74, 6) is -0.485. The molecule has 2 rings (SSSR count). The van der Waals surface area contributed by atoms with Gasteiger partial charge < -0.3 is 5.32 Å². The van der Waals surface area contributed by atoms with Gasteiger partial charge in [0.05, 0.1) is 23.2 Å². The second-order valence-electron chi connectivity index (χ2n) is 5.44. The molecule has 0 saturated heterocycles. The van der Waals surface area contributed by atoms with E-state index in [0.717, 1.165) is 24.5 Å². The molecule has 1 saturated carbocycles. The maximum absolute atomic E-state index is 12.8. The van der Waals surface area contributed by atoms with Gasteiger partial charge in [-0.05, 0) is 30.5 Å². The van der Waals surface area contributed by atoms with Crippen LogP contribution in [-0.2, 0) is 21.0 Å². The lowest BCUT2D eigenvalue weighted by atomic mass is 10.1. The summed E-state index contributed by atoms with van der Waals surface area (Å²) in [7, 11) is -3.68. The van der Waals surface area contributed by atoms with Gasteiger partial charge in [-0.15, -0.1) is 0 Å². The van der Waals surface area contributed by atoms with Crippen LogP contribution in [0.1, 0.15) is 18.9 Å². The SMILES string of the molecule is C[C@H]1C[C@@H]1C(=O)Nc1cc(C(F)(F)F)ccc1NS(C)(=O)=O. The van der Waals surface area contributed by atoms with Crippen molar-refractivity contribution in [3.8, 4) is 0 Å². The Bertz CT molecular complexity index is 701. The summed E-state index contributed by atoms with van der Waals surface area (Å²) in [5, 5.41) is 2.37. The molecular weight excluding hydrogens is 321 g/mol. The Morgan fingerprint density at radius 2 is 1.86 bits per heavy atom. The Morgan fingerprint density at radius 1 is 1.27 bits per heavy atom. The van der Waals surface area contributed by atoms with Crippen molar-refractivity contribution in [3.05, 3.63) is 23.8 Å². The molecule has 122 valence electrons. The van der Waals surface area contributed by atoms with Crippen LogP contribution in [0.2, 0.25) is 0 Å². The van der Waals surface area contributed by atoms with Crippen molar-refractivity contribution in [2.24, 2.45) is 11.8 Å². The highest BCUT2D eigenvalue weighted by Crippen LogP contribution is 2.40. The number of amides is 1. The number of carbonyl (C=O) groups excluding carboxylic acids is 1. The lowest BCUT2D eigenvalue weighted by Crippen LogP contribution is -2.18. The molecule has 0 heterocycles. The summed E-state index contributed by atoms with van der Waals surface area (Å²) in [6.45, 7) is 1.85. The van der Waals surface area contributed by atoms with Crippen LogP contribution in [0, 0.1) is 11.8 Å². The molecule has 2 N–H and O–H groups in total. The van der Waals surface area contributed by atoms with E-state index in [0.29, 0.717) is 6.42 Å². The average molecular weight is 336 g/mol. The Hall–Kier alpha value is -1.77. The first kappa shape index (κ1) is 16.6. The molecule has 5 nitrogen and oxygen atoms in total. The lowest BCUT2D eigenvalue weighted by Gasteiger charge is -2.15. The average Bonchev–Trinajstić information content (AvgIpc) is 3.05. The first-order valence-corrected chi connectivity index (χ1v) is 8.36. The monoisotopic (exact) mass is 336 g/mol. The third-order valence-corrected chi connectivity index (χ3v) is 3.94. The summed E-state index contributed by atoms with van der Waals surface area (Å²) < 4.78 is 62.9. The molecule has 0 unspecified atom stereocenters. The number of rotatable bonds is 4. The van der Waals surface area contributed by atoms with E-state index in [1.807, 2.05) is 6.92 Å². The minimum Gasteiger partial charge on any atom is -0.324 e. The van der Waals surface area contributed by atoms with Crippen LogP contribution < -0.4 is 10.0 Å². The Balaban J connectivity index is 2.34. The van der Waals surface area contributed by atoms with Gasteiger partial charge in [0.2, 0.25) is 15.9 Å². The van der Waals surface area contributed by atoms with E-state index in [1.165, 1.54) is 0 Å². The number of hydrogen-bond donors (Lipinski definition) is 2. The topological polar surface area (TPSA) is 75.3 Å². The van der Waals surface area contributed by atoms with Gasteiger partial charge in [-0.2, -0.15) is 13.2 Å². The predicted octanol–water partition coefficient (Wildman–Crippen LogP) is 2.67. The number of halogens is 3. The van der Waals surface area contributed by atoms with Crippen LogP contribution in [0.25, 0.3) is 0 Å². The van der Waals surface area contributed by atoms with Crippen molar-refractivity contribution in [1.29, 1.82) is 0 Å². The number of nitrogens with one attached hydrogen (secondary N) is 2. The molecule has 1 aliphatic carbocycles. The highest BCUT2D eigenvalue weighted by Gasteiger charge is 2.39. The van der Waals surface area contributed by atoms with Gasteiger partial charge in [0.25, 0.3) is 0 Å². The quantitative estimate of drug-likeness (QED) is 0.888. The number of anilines is 2. The molecule has 0 aliphatic heterocycles. The molecule has 0 radical (unpaired) electrons. The van der Waals surface area contributed by atoms with Gasteiger partial charge in [0, 0.05) is 5.92 Å². The fraction of sp³-hybridized carbons (Fsp3) is 0.462. The third kappa shape index (κ3) is 4.12. The molecule has 0 spiro atoms. The van der Waals surface area contributed by atoms with Crippen molar-refractivity contribution >= 4 is 27.3 Å². The summed E-state index contributed by atoms with van der Waals surface area (Å²) in [4.78, 5) is 11.9. The number of sulfonamides is 1. The molecule has 2 atom stereocenters. The minimum absolute atomic E-state index is 0.0999. The fourth-order valence-corrected chi connectivity index (χ4v) is 2.60. The lowest BCUT2D eigenvalue weighted by molar-refractivity contribution is -0.137. The molecule has 1 amide bonds. The second-order valence-corrected chi connectivity index (χ2v) is 7.19. The van der Waals surface area contributed by atoms with Gasteiger partial charge in [-0.3, -0.25) is 9.52 Å². The minimum atomic E-state index is -4.59. The highest BCUT2D eigenvalue weighted by atomic mass is 32.2. The molecule has 0 aromatic heterocycles. The van der Waals surface area contributed by atoms with Gasteiger partial charge in [-0.1, -0.05) is 6.92 Å². The van der Waals surface area contributed by atoms with Crippen molar-refractivity contribution in [2.45, 2.75) is 19.5 Å². The number of benzene rings is 1. The Morgan fingerprint density at radius 3 is 2.32 bits per heavy atom. The van der Waals surface area contributed by atoms with Gasteiger partial charge in [0.1, 0.15) is 0 Å². The summed E-state index contributed by atoms with van der Waals surface area (Å²) in [6, 6.07) is 2.46. The van der Waals surface area contributed by atoms with Crippen LogP contribution in [0.15, 0.2) is 18.2 Å². The number of alkyl halides is 3. The Labute approximate surface area is 125 Å². The van der Waals surface area contributed by atoms with E-state index in [4.69, 9.17) is 0 Å². The van der Waals surface area contributed by atoms with E-state index in [1.54, 1.807) is 0 Å². The summed E-state index contributed by atoms with van der Waals surface area (Å²) >= 11 is 0. The maximum Gasteiger partial charge on any atom is 0.416 e. The van der Waals surface area contributed by atoms with E-state index >= 15 is 0 Å². The zero-order valence-electron chi connectivity index (χ0n) is 11.9. The number of hydrogen-bond acceptors (Lipinski definition) is 3. The van der Waals surface area contributed by atoms with E-state index in [-0.39, 0.29) is 23.2 Å². The van der Waals surface area contributed by atoms with Crippen LogP contribution in [0.5, 0.6) is 0 Å². The van der Waals surface area contributed by atoms with E-state index < -0.39 is 27.7 Å². The molecule has 1 aromatic rings. The number of carbonyl (C=O) groups is 1. The molecule has 1 aliphatic rings. The van der Waals surface area contributed by atoms with Crippen molar-refractivity contribution in [1.82, 2.24) is 0 Å². The van der Waals surface area contributed by atoms with Gasteiger partial charge in [-0.25, -0.2) is 8.42 Å². The third-order valence-electron chi connectivity index (χ3n) is 3.35. The maximum atomic E-state index is 12.8.